The molecule has 0 unspecified atom stereocenters. The molecular formula is C20H20ClN3O. The van der Waals surface area contributed by atoms with E-state index in [1.54, 1.807) is 6.20 Å². The van der Waals surface area contributed by atoms with Crippen LogP contribution in [0.3, 0.4) is 0 Å². The van der Waals surface area contributed by atoms with E-state index in [9.17, 15) is 0 Å². The molecule has 3 aromatic rings. The van der Waals surface area contributed by atoms with E-state index in [4.69, 9.17) is 21.8 Å². The van der Waals surface area contributed by atoms with Crippen molar-refractivity contribution in [3.8, 4) is 11.3 Å². The molecule has 0 amide bonds. The van der Waals surface area contributed by atoms with Gasteiger partial charge in [-0.2, -0.15) is 0 Å². The van der Waals surface area contributed by atoms with Gasteiger partial charge in [0, 0.05) is 35.6 Å². The zero-order valence-electron chi connectivity index (χ0n) is 13.8. The second-order valence-electron chi connectivity index (χ2n) is 6.50. The van der Waals surface area contributed by atoms with Gasteiger partial charge < -0.3 is 10.2 Å². The summed E-state index contributed by atoms with van der Waals surface area (Å²) in [7, 11) is 0. The molecule has 1 aromatic heterocycles. The lowest BCUT2D eigenvalue weighted by Gasteiger charge is -2.14. The molecule has 2 N–H and O–H groups in total. The van der Waals surface area contributed by atoms with Crippen molar-refractivity contribution in [2.45, 2.75) is 18.5 Å². The van der Waals surface area contributed by atoms with Crippen LogP contribution in [-0.2, 0) is 6.54 Å². The molecule has 1 aliphatic rings. The van der Waals surface area contributed by atoms with Crippen LogP contribution in [0.2, 0.25) is 5.02 Å². The van der Waals surface area contributed by atoms with Gasteiger partial charge in [-0.25, -0.2) is 4.98 Å². The molecule has 0 aliphatic carbocycles. The Morgan fingerprint density at radius 3 is 2.76 bits per heavy atom. The Morgan fingerprint density at radius 1 is 1.12 bits per heavy atom. The van der Waals surface area contributed by atoms with Crippen molar-refractivity contribution in [1.29, 1.82) is 0 Å². The molecular weight excluding hydrogens is 334 g/mol. The lowest BCUT2D eigenvalue weighted by atomic mass is 9.95. The van der Waals surface area contributed by atoms with Crippen molar-refractivity contribution >= 4 is 11.6 Å². The minimum Gasteiger partial charge on any atom is -0.439 e. The number of rotatable bonds is 4. The van der Waals surface area contributed by atoms with Crippen LogP contribution in [0, 0.1) is 0 Å². The van der Waals surface area contributed by atoms with E-state index in [0.29, 0.717) is 23.4 Å². The minimum absolute atomic E-state index is 0.129. The zero-order chi connectivity index (χ0) is 17.2. The fourth-order valence-corrected chi connectivity index (χ4v) is 3.64. The van der Waals surface area contributed by atoms with Gasteiger partial charge in [-0.1, -0.05) is 54.1 Å². The maximum atomic E-state index is 6.36. The molecule has 2 heterocycles. The summed E-state index contributed by atoms with van der Waals surface area (Å²) in [5.41, 5.74) is 8.59. The van der Waals surface area contributed by atoms with Crippen LogP contribution in [0.25, 0.3) is 11.3 Å². The van der Waals surface area contributed by atoms with Gasteiger partial charge >= 0.3 is 0 Å². The third kappa shape index (κ3) is 3.61. The predicted molar refractivity (Wildman–Crippen MR) is 99.4 cm³/mol. The first-order chi connectivity index (χ1) is 12.2. The summed E-state index contributed by atoms with van der Waals surface area (Å²) in [6, 6.07) is 18.2. The normalized spacial score (nSPS) is 20.9. The van der Waals surface area contributed by atoms with Crippen LogP contribution >= 0.6 is 11.6 Å². The van der Waals surface area contributed by atoms with Crippen LogP contribution in [0.15, 0.2) is 65.2 Å². The Hall–Kier alpha value is -2.14. The van der Waals surface area contributed by atoms with Crippen LogP contribution < -0.4 is 5.73 Å². The molecule has 2 aromatic carbocycles. The predicted octanol–water partition coefficient (Wildman–Crippen LogP) is 3.92. The first-order valence-corrected chi connectivity index (χ1v) is 8.80. The number of hydrogen-bond acceptors (Lipinski definition) is 4. The van der Waals surface area contributed by atoms with Crippen LogP contribution in [-0.4, -0.2) is 29.0 Å². The number of benzene rings is 2. The van der Waals surface area contributed by atoms with Gasteiger partial charge in [-0.15, -0.1) is 0 Å². The highest BCUT2D eigenvalue weighted by molar-refractivity contribution is 6.30. The summed E-state index contributed by atoms with van der Waals surface area (Å²) in [6.45, 7) is 2.42. The number of halogens is 1. The molecule has 5 heteroatoms. The SMILES string of the molecule is N[C@@H]1CN(Cc2ncc(-c3cccc(Cl)c3)o2)C[C@H]1c1ccccc1. The summed E-state index contributed by atoms with van der Waals surface area (Å²) in [4.78, 5) is 6.72. The van der Waals surface area contributed by atoms with Gasteiger partial charge in [-0.3, -0.25) is 4.90 Å². The zero-order valence-corrected chi connectivity index (χ0v) is 14.6. The molecule has 2 atom stereocenters. The maximum Gasteiger partial charge on any atom is 0.209 e. The number of aromatic nitrogens is 1. The molecule has 4 nitrogen and oxygen atoms in total. The van der Waals surface area contributed by atoms with E-state index in [2.05, 4.69) is 34.1 Å². The molecule has 0 spiro atoms. The number of oxazole rings is 1. The molecule has 1 aliphatic heterocycles. The number of nitrogens with two attached hydrogens (primary N) is 1. The van der Waals surface area contributed by atoms with Gasteiger partial charge in [0.2, 0.25) is 5.89 Å². The van der Waals surface area contributed by atoms with Crippen LogP contribution in [0.4, 0.5) is 0 Å². The summed E-state index contributed by atoms with van der Waals surface area (Å²) >= 11 is 6.05. The van der Waals surface area contributed by atoms with Crippen molar-refractivity contribution in [2.24, 2.45) is 5.73 Å². The Bertz CT molecular complexity index is 849. The van der Waals surface area contributed by atoms with E-state index in [1.807, 2.05) is 30.3 Å². The van der Waals surface area contributed by atoms with E-state index in [-0.39, 0.29) is 6.04 Å². The third-order valence-corrected chi connectivity index (χ3v) is 4.93. The van der Waals surface area contributed by atoms with Crippen LogP contribution in [0.1, 0.15) is 17.4 Å². The quantitative estimate of drug-likeness (QED) is 0.772. The lowest BCUT2D eigenvalue weighted by molar-refractivity contribution is 0.287. The number of nitrogens with zero attached hydrogens (tertiary/aromatic N) is 2. The van der Waals surface area contributed by atoms with Gasteiger partial charge in [0.1, 0.15) is 0 Å². The highest BCUT2D eigenvalue weighted by Crippen LogP contribution is 2.28. The number of likely N-dealkylation sites (tertiary alicyclic amines) is 1. The highest BCUT2D eigenvalue weighted by Gasteiger charge is 2.31. The molecule has 1 saturated heterocycles. The second kappa shape index (κ2) is 7.00. The Balaban J connectivity index is 1.45. The monoisotopic (exact) mass is 353 g/mol. The Morgan fingerprint density at radius 2 is 1.96 bits per heavy atom. The van der Waals surface area contributed by atoms with Gasteiger partial charge in [0.25, 0.3) is 0 Å². The van der Waals surface area contributed by atoms with E-state index < -0.39 is 0 Å². The Labute approximate surface area is 152 Å². The van der Waals surface area contributed by atoms with Gasteiger partial charge in [0.05, 0.1) is 12.7 Å². The highest BCUT2D eigenvalue weighted by atomic mass is 35.5. The standard InChI is InChI=1S/C20H20ClN3O/c21-16-8-4-7-15(9-16)19-10-23-20(25-19)13-24-11-17(18(22)12-24)14-5-2-1-3-6-14/h1-10,17-18H,11-13,22H2/t17-,18+/m0/s1. The van der Waals surface area contributed by atoms with Crippen molar-refractivity contribution in [1.82, 2.24) is 9.88 Å². The first kappa shape index (κ1) is 16.3. The topological polar surface area (TPSA) is 55.3 Å². The van der Waals surface area contributed by atoms with E-state index in [1.165, 1.54) is 5.56 Å². The minimum atomic E-state index is 0.129. The summed E-state index contributed by atoms with van der Waals surface area (Å²) in [6.07, 6.45) is 1.76. The summed E-state index contributed by atoms with van der Waals surface area (Å²) in [5.74, 6) is 1.79. The van der Waals surface area contributed by atoms with Crippen molar-refractivity contribution < 1.29 is 4.42 Å². The molecule has 25 heavy (non-hydrogen) atoms. The van der Waals surface area contributed by atoms with Crippen molar-refractivity contribution in [2.75, 3.05) is 13.1 Å². The molecule has 4 rings (SSSR count). The maximum absolute atomic E-state index is 6.36. The smallest absolute Gasteiger partial charge is 0.209 e. The summed E-state index contributed by atoms with van der Waals surface area (Å²) in [5, 5.41) is 0.687. The molecule has 0 saturated carbocycles. The van der Waals surface area contributed by atoms with Gasteiger partial charge in [0.15, 0.2) is 5.76 Å². The molecule has 1 fully saturated rings. The van der Waals surface area contributed by atoms with E-state index in [0.717, 1.165) is 24.4 Å². The molecule has 0 bridgehead atoms. The first-order valence-electron chi connectivity index (χ1n) is 8.42. The third-order valence-electron chi connectivity index (χ3n) is 4.69. The fourth-order valence-electron chi connectivity index (χ4n) is 3.45. The largest absolute Gasteiger partial charge is 0.439 e. The average Bonchev–Trinajstić information content (AvgIpc) is 3.23. The van der Waals surface area contributed by atoms with Gasteiger partial charge in [-0.05, 0) is 17.7 Å². The van der Waals surface area contributed by atoms with E-state index >= 15 is 0 Å². The van der Waals surface area contributed by atoms with Crippen molar-refractivity contribution in [3.05, 3.63) is 77.3 Å². The number of hydrogen-bond donors (Lipinski definition) is 1. The second-order valence-corrected chi connectivity index (χ2v) is 6.94. The molecule has 0 radical (unpaired) electrons. The van der Waals surface area contributed by atoms with Crippen molar-refractivity contribution in [3.63, 3.8) is 0 Å². The molecule has 128 valence electrons. The Kier molecular flexibility index (Phi) is 4.57. The summed E-state index contributed by atoms with van der Waals surface area (Å²) < 4.78 is 5.91. The van der Waals surface area contributed by atoms with Crippen LogP contribution in [0.5, 0.6) is 0 Å². The average molecular weight is 354 g/mol. The fraction of sp³-hybridized carbons (Fsp3) is 0.250. The lowest BCUT2D eigenvalue weighted by Crippen LogP contribution is -2.28.